The lowest BCUT2D eigenvalue weighted by Gasteiger charge is -2.03. The molecule has 0 aliphatic heterocycles. The minimum Gasteiger partial charge on any atom is -0.372 e. The fourth-order valence-electron chi connectivity index (χ4n) is 1.30. The summed E-state index contributed by atoms with van der Waals surface area (Å²) in [5, 5.41) is 4.05. The molecule has 14 heavy (non-hydrogen) atoms. The van der Waals surface area contributed by atoms with Crippen molar-refractivity contribution in [3.63, 3.8) is 0 Å². The zero-order valence-electron chi connectivity index (χ0n) is 7.96. The molecule has 5 nitrogen and oxygen atoms in total. The van der Waals surface area contributed by atoms with Gasteiger partial charge in [0.15, 0.2) is 0 Å². The van der Waals surface area contributed by atoms with Gasteiger partial charge in [-0.25, -0.2) is 10.8 Å². The van der Waals surface area contributed by atoms with E-state index in [-0.39, 0.29) is 0 Å². The topological polar surface area (TPSA) is 75.9 Å². The highest BCUT2D eigenvalue weighted by atomic mass is 32.1. The fraction of sp³-hybridized carbons (Fsp3) is 0.250. The Kier molecular flexibility index (Phi) is 2.22. The molecule has 4 N–H and O–H groups in total. The van der Waals surface area contributed by atoms with Crippen LogP contribution in [0.2, 0.25) is 0 Å². The first-order valence-electron chi connectivity index (χ1n) is 4.17. The second-order valence-electron chi connectivity index (χ2n) is 2.87. The molecule has 0 amide bonds. The molecule has 0 fully saturated rings. The van der Waals surface area contributed by atoms with Crippen molar-refractivity contribution < 1.29 is 0 Å². The molecule has 6 heteroatoms. The van der Waals surface area contributed by atoms with E-state index >= 15 is 0 Å². The van der Waals surface area contributed by atoms with Crippen molar-refractivity contribution in [1.82, 2.24) is 9.97 Å². The highest BCUT2D eigenvalue weighted by molar-refractivity contribution is 7.18. The molecule has 0 unspecified atom stereocenters. The summed E-state index contributed by atoms with van der Waals surface area (Å²) in [5.74, 6) is 6.51. The maximum Gasteiger partial charge on any atom is 0.240 e. The van der Waals surface area contributed by atoms with Gasteiger partial charge in [-0.15, -0.1) is 11.3 Å². The summed E-state index contributed by atoms with van der Waals surface area (Å²) in [6.45, 7) is 2.04. The Balaban J connectivity index is 2.72. The number of aryl methyl sites for hydroxylation is 1. The van der Waals surface area contributed by atoms with Crippen molar-refractivity contribution in [2.75, 3.05) is 17.8 Å². The van der Waals surface area contributed by atoms with Gasteiger partial charge in [-0.05, 0) is 13.0 Å². The fourth-order valence-corrected chi connectivity index (χ4v) is 2.18. The van der Waals surface area contributed by atoms with E-state index in [4.69, 9.17) is 5.84 Å². The van der Waals surface area contributed by atoms with Gasteiger partial charge in [0, 0.05) is 11.9 Å². The van der Waals surface area contributed by atoms with Gasteiger partial charge in [0.25, 0.3) is 0 Å². The van der Waals surface area contributed by atoms with Crippen LogP contribution in [0.5, 0.6) is 0 Å². The molecule has 2 heterocycles. The highest BCUT2D eigenvalue weighted by Gasteiger charge is 2.08. The van der Waals surface area contributed by atoms with Crippen LogP contribution in [0.1, 0.15) is 4.88 Å². The number of hydrogen-bond donors (Lipinski definition) is 3. The lowest BCUT2D eigenvalue weighted by molar-refractivity contribution is 1.15. The van der Waals surface area contributed by atoms with Gasteiger partial charge >= 0.3 is 0 Å². The van der Waals surface area contributed by atoms with Gasteiger partial charge in [0.05, 0.1) is 5.39 Å². The van der Waals surface area contributed by atoms with Crippen LogP contribution < -0.4 is 16.6 Å². The second kappa shape index (κ2) is 3.39. The van der Waals surface area contributed by atoms with Crippen molar-refractivity contribution in [3.8, 4) is 0 Å². The van der Waals surface area contributed by atoms with E-state index in [0.29, 0.717) is 5.95 Å². The summed E-state index contributed by atoms with van der Waals surface area (Å²) in [7, 11) is 1.83. The third-order valence-corrected chi connectivity index (χ3v) is 2.83. The van der Waals surface area contributed by atoms with Crippen LogP contribution in [0.3, 0.4) is 0 Å². The second-order valence-corrected chi connectivity index (χ2v) is 4.10. The average molecular weight is 209 g/mol. The van der Waals surface area contributed by atoms with Crippen molar-refractivity contribution in [2.45, 2.75) is 6.92 Å². The third-order valence-electron chi connectivity index (χ3n) is 1.88. The Hall–Kier alpha value is -1.40. The summed E-state index contributed by atoms with van der Waals surface area (Å²) in [5.41, 5.74) is 2.45. The summed E-state index contributed by atoms with van der Waals surface area (Å²) in [6, 6.07) is 2.06. The lowest BCUT2D eigenvalue weighted by Crippen LogP contribution is -2.11. The molecule has 0 saturated heterocycles. The number of nitrogens with one attached hydrogen (secondary N) is 2. The van der Waals surface area contributed by atoms with E-state index in [1.54, 1.807) is 11.3 Å². The number of hydrazine groups is 1. The van der Waals surface area contributed by atoms with Crippen molar-refractivity contribution in [1.29, 1.82) is 0 Å². The maximum absolute atomic E-state index is 5.27. The minimum absolute atomic E-state index is 0.434. The number of anilines is 2. The molecule has 0 aromatic carbocycles. The van der Waals surface area contributed by atoms with E-state index in [1.165, 1.54) is 4.88 Å². The number of hydrogen-bond acceptors (Lipinski definition) is 6. The maximum atomic E-state index is 5.27. The molecule has 0 atom stereocenters. The normalized spacial score (nSPS) is 10.5. The van der Waals surface area contributed by atoms with Crippen molar-refractivity contribution in [2.24, 2.45) is 5.84 Å². The Morgan fingerprint density at radius 2 is 2.21 bits per heavy atom. The molecule has 2 aromatic rings. The van der Waals surface area contributed by atoms with Crippen LogP contribution in [0.4, 0.5) is 11.8 Å². The first kappa shape index (κ1) is 9.17. The van der Waals surface area contributed by atoms with Gasteiger partial charge in [0.1, 0.15) is 10.6 Å². The summed E-state index contributed by atoms with van der Waals surface area (Å²) >= 11 is 1.62. The van der Waals surface area contributed by atoms with Crippen molar-refractivity contribution >= 4 is 33.3 Å². The molecule has 0 aliphatic carbocycles. The first-order valence-corrected chi connectivity index (χ1v) is 4.99. The Labute approximate surface area is 85.3 Å². The van der Waals surface area contributed by atoms with Crippen LogP contribution in [0.25, 0.3) is 10.2 Å². The number of thiophene rings is 1. The van der Waals surface area contributed by atoms with Crippen LogP contribution in [0, 0.1) is 6.92 Å². The molecule has 2 aromatic heterocycles. The minimum atomic E-state index is 0.434. The van der Waals surface area contributed by atoms with Crippen molar-refractivity contribution in [3.05, 3.63) is 10.9 Å². The van der Waals surface area contributed by atoms with Gasteiger partial charge in [0.2, 0.25) is 5.95 Å². The van der Waals surface area contributed by atoms with E-state index < -0.39 is 0 Å². The van der Waals surface area contributed by atoms with E-state index in [1.807, 2.05) is 14.0 Å². The summed E-state index contributed by atoms with van der Waals surface area (Å²) in [4.78, 5) is 10.6. The van der Waals surface area contributed by atoms with Gasteiger partial charge < -0.3 is 5.32 Å². The molecular weight excluding hydrogens is 198 g/mol. The smallest absolute Gasteiger partial charge is 0.240 e. The third kappa shape index (κ3) is 1.38. The zero-order valence-corrected chi connectivity index (χ0v) is 8.77. The highest BCUT2D eigenvalue weighted by Crippen LogP contribution is 2.28. The first-order chi connectivity index (χ1) is 6.74. The van der Waals surface area contributed by atoms with Crippen LogP contribution in [-0.4, -0.2) is 17.0 Å². The number of aromatic nitrogens is 2. The van der Waals surface area contributed by atoms with Crippen LogP contribution in [0.15, 0.2) is 6.07 Å². The van der Waals surface area contributed by atoms with E-state index in [2.05, 4.69) is 26.8 Å². The standard InChI is InChI=1S/C8H11N5S/c1-4-3-5-6(10-2)11-8(13-9)12-7(5)14-4/h3H,9H2,1-2H3,(H2,10,11,12,13). The molecule has 0 bridgehead atoms. The Bertz CT molecular complexity index is 464. The van der Waals surface area contributed by atoms with Gasteiger partial charge in [-0.3, -0.25) is 5.43 Å². The zero-order chi connectivity index (χ0) is 10.1. The number of nitrogen functional groups attached to an aromatic ring is 1. The van der Waals surface area contributed by atoms with E-state index in [9.17, 15) is 0 Å². The Morgan fingerprint density at radius 3 is 2.86 bits per heavy atom. The molecular formula is C8H11N5S. The quantitative estimate of drug-likeness (QED) is 0.514. The largest absolute Gasteiger partial charge is 0.372 e. The molecule has 0 saturated carbocycles. The number of nitrogens with zero attached hydrogens (tertiary/aromatic N) is 2. The predicted octanol–water partition coefficient (Wildman–Crippen LogP) is 1.33. The summed E-state index contributed by atoms with van der Waals surface area (Å²) < 4.78 is 0. The lowest BCUT2D eigenvalue weighted by atomic mass is 10.3. The van der Waals surface area contributed by atoms with Crippen LogP contribution in [-0.2, 0) is 0 Å². The molecule has 0 aliphatic rings. The summed E-state index contributed by atoms with van der Waals surface area (Å²) in [6.07, 6.45) is 0. The molecule has 0 radical (unpaired) electrons. The number of fused-ring (bicyclic) bond motifs is 1. The molecule has 74 valence electrons. The van der Waals surface area contributed by atoms with Gasteiger partial charge in [-0.1, -0.05) is 0 Å². The monoisotopic (exact) mass is 209 g/mol. The number of rotatable bonds is 2. The van der Waals surface area contributed by atoms with E-state index in [0.717, 1.165) is 16.0 Å². The predicted molar refractivity (Wildman–Crippen MR) is 59.5 cm³/mol. The average Bonchev–Trinajstić information content (AvgIpc) is 2.56. The van der Waals surface area contributed by atoms with Crippen LogP contribution >= 0.6 is 11.3 Å². The molecule has 2 rings (SSSR count). The van der Waals surface area contributed by atoms with Gasteiger partial charge in [-0.2, -0.15) is 4.98 Å². The molecule has 0 spiro atoms. The Morgan fingerprint density at radius 1 is 1.43 bits per heavy atom. The SMILES string of the molecule is CNc1nc(NN)nc2sc(C)cc12. The number of nitrogens with two attached hydrogens (primary N) is 1.